The summed E-state index contributed by atoms with van der Waals surface area (Å²) in [6, 6.07) is 7.94. The van der Waals surface area contributed by atoms with Crippen LogP contribution in [0.25, 0.3) is 0 Å². The second-order valence-corrected chi connectivity index (χ2v) is 4.75. The summed E-state index contributed by atoms with van der Waals surface area (Å²) in [5.74, 6) is 0.539. The largest absolute Gasteiger partial charge is 0.453 e. The fraction of sp³-hybridized carbons (Fsp3) is 0.500. The van der Waals surface area contributed by atoms with Gasteiger partial charge in [0.2, 0.25) is 0 Å². The van der Waals surface area contributed by atoms with Crippen molar-refractivity contribution in [3.63, 3.8) is 0 Å². The smallest absolute Gasteiger partial charge is 0.411 e. The van der Waals surface area contributed by atoms with E-state index in [1.54, 1.807) is 0 Å². The molecule has 1 aromatic rings. The number of rotatable bonds is 4. The van der Waals surface area contributed by atoms with Crippen LogP contribution in [0.15, 0.2) is 24.3 Å². The van der Waals surface area contributed by atoms with Crippen LogP contribution in [0.1, 0.15) is 13.3 Å². The number of ether oxygens (including phenoxy) is 2. The number of nitrogens with one attached hydrogen (secondary N) is 2. The molecular weight excluding hydrogens is 244 g/mol. The third-order valence-electron chi connectivity index (χ3n) is 3.36. The van der Waals surface area contributed by atoms with E-state index < -0.39 is 6.09 Å². The van der Waals surface area contributed by atoms with E-state index in [2.05, 4.69) is 22.3 Å². The van der Waals surface area contributed by atoms with Crippen LogP contribution >= 0.6 is 0 Å². The molecule has 19 heavy (non-hydrogen) atoms. The van der Waals surface area contributed by atoms with Gasteiger partial charge in [0.05, 0.1) is 13.7 Å². The Morgan fingerprint density at radius 3 is 2.95 bits per heavy atom. The minimum absolute atomic E-state index is 0.343. The van der Waals surface area contributed by atoms with Crippen molar-refractivity contribution in [1.82, 2.24) is 0 Å². The number of hydrogen-bond acceptors (Lipinski definition) is 4. The summed E-state index contributed by atoms with van der Waals surface area (Å²) in [6.07, 6.45) is 0.628. The lowest BCUT2D eigenvalue weighted by Gasteiger charge is -2.20. The first-order chi connectivity index (χ1) is 9.19. The first-order valence-corrected chi connectivity index (χ1v) is 6.48. The molecule has 0 aliphatic carbocycles. The van der Waals surface area contributed by atoms with E-state index >= 15 is 0 Å². The Morgan fingerprint density at radius 1 is 1.47 bits per heavy atom. The van der Waals surface area contributed by atoms with Crippen molar-refractivity contribution in [3.8, 4) is 0 Å². The fourth-order valence-corrected chi connectivity index (χ4v) is 2.18. The SMILES string of the molecule is COC(=O)Nc1cccc(NC(C)C2CCOC2)c1. The van der Waals surface area contributed by atoms with Gasteiger partial charge < -0.3 is 14.8 Å². The number of carbonyl (C=O) groups excluding carboxylic acids is 1. The van der Waals surface area contributed by atoms with E-state index in [-0.39, 0.29) is 0 Å². The van der Waals surface area contributed by atoms with Crippen molar-refractivity contribution < 1.29 is 14.3 Å². The molecule has 1 aliphatic rings. The molecule has 5 heteroatoms. The van der Waals surface area contributed by atoms with E-state index in [4.69, 9.17) is 4.74 Å². The zero-order valence-corrected chi connectivity index (χ0v) is 11.3. The minimum atomic E-state index is -0.464. The van der Waals surface area contributed by atoms with E-state index in [0.717, 1.165) is 25.3 Å². The lowest BCUT2D eigenvalue weighted by molar-refractivity contribution is 0.183. The molecule has 1 amide bonds. The Hall–Kier alpha value is -1.75. The van der Waals surface area contributed by atoms with Gasteiger partial charge in [-0.3, -0.25) is 5.32 Å². The molecule has 1 fully saturated rings. The quantitative estimate of drug-likeness (QED) is 0.877. The maximum absolute atomic E-state index is 11.2. The molecule has 2 atom stereocenters. The molecule has 2 rings (SSSR count). The first kappa shape index (κ1) is 13.7. The molecule has 1 aromatic carbocycles. The molecule has 0 bridgehead atoms. The number of carbonyl (C=O) groups is 1. The highest BCUT2D eigenvalue weighted by Crippen LogP contribution is 2.22. The van der Waals surface area contributed by atoms with Gasteiger partial charge in [0.1, 0.15) is 0 Å². The van der Waals surface area contributed by atoms with Crippen LogP contribution in [-0.4, -0.2) is 32.5 Å². The molecule has 2 unspecified atom stereocenters. The summed E-state index contributed by atoms with van der Waals surface area (Å²) in [5.41, 5.74) is 1.69. The lowest BCUT2D eigenvalue weighted by atomic mass is 10.0. The monoisotopic (exact) mass is 264 g/mol. The Bertz CT molecular complexity index is 430. The summed E-state index contributed by atoms with van der Waals surface area (Å²) in [6.45, 7) is 3.81. The van der Waals surface area contributed by atoms with Gasteiger partial charge in [-0.1, -0.05) is 6.07 Å². The molecule has 0 saturated carbocycles. The molecule has 0 radical (unpaired) electrons. The molecule has 2 N–H and O–H groups in total. The van der Waals surface area contributed by atoms with Crippen LogP contribution in [0.4, 0.5) is 16.2 Å². The Kier molecular flexibility index (Phi) is 4.63. The number of methoxy groups -OCH3 is 1. The molecular formula is C14H20N2O3. The van der Waals surface area contributed by atoms with E-state index in [1.807, 2.05) is 24.3 Å². The Morgan fingerprint density at radius 2 is 2.26 bits per heavy atom. The van der Waals surface area contributed by atoms with E-state index in [1.165, 1.54) is 7.11 Å². The topological polar surface area (TPSA) is 59.6 Å². The van der Waals surface area contributed by atoms with Crippen molar-refractivity contribution in [1.29, 1.82) is 0 Å². The second-order valence-electron chi connectivity index (χ2n) is 4.75. The molecule has 5 nitrogen and oxygen atoms in total. The third kappa shape index (κ3) is 3.86. The van der Waals surface area contributed by atoms with Crippen LogP contribution in [0.2, 0.25) is 0 Å². The van der Waals surface area contributed by atoms with Crippen molar-refractivity contribution in [2.45, 2.75) is 19.4 Å². The van der Waals surface area contributed by atoms with Gasteiger partial charge in [0.25, 0.3) is 0 Å². The standard InChI is InChI=1S/C14H20N2O3/c1-10(11-6-7-19-9-11)15-12-4-3-5-13(8-12)16-14(17)18-2/h3-5,8,10-11,15H,6-7,9H2,1-2H3,(H,16,17). The summed E-state index contributed by atoms with van der Waals surface area (Å²) in [4.78, 5) is 11.2. The summed E-state index contributed by atoms with van der Waals surface area (Å²) in [7, 11) is 1.35. The van der Waals surface area contributed by atoms with Gasteiger partial charge >= 0.3 is 6.09 Å². The van der Waals surface area contributed by atoms with Gasteiger partial charge in [-0.25, -0.2) is 4.79 Å². The van der Waals surface area contributed by atoms with Crippen molar-refractivity contribution in [3.05, 3.63) is 24.3 Å². The highest BCUT2D eigenvalue weighted by atomic mass is 16.5. The van der Waals surface area contributed by atoms with Gasteiger partial charge in [-0.05, 0) is 31.5 Å². The third-order valence-corrected chi connectivity index (χ3v) is 3.36. The number of amides is 1. The predicted octanol–water partition coefficient (Wildman–Crippen LogP) is 2.70. The van der Waals surface area contributed by atoms with Crippen molar-refractivity contribution >= 4 is 17.5 Å². The van der Waals surface area contributed by atoms with Crippen LogP contribution in [0.5, 0.6) is 0 Å². The molecule has 0 aromatic heterocycles. The molecule has 0 spiro atoms. The Balaban J connectivity index is 1.96. The summed E-state index contributed by atoms with van der Waals surface area (Å²) in [5, 5.41) is 6.09. The number of benzene rings is 1. The van der Waals surface area contributed by atoms with Crippen LogP contribution in [0.3, 0.4) is 0 Å². The van der Waals surface area contributed by atoms with Gasteiger partial charge in [0, 0.05) is 29.9 Å². The van der Waals surface area contributed by atoms with Gasteiger partial charge in [0.15, 0.2) is 0 Å². The van der Waals surface area contributed by atoms with Crippen molar-refractivity contribution in [2.75, 3.05) is 31.0 Å². The highest BCUT2D eigenvalue weighted by molar-refractivity contribution is 5.85. The van der Waals surface area contributed by atoms with Crippen LogP contribution < -0.4 is 10.6 Å². The lowest BCUT2D eigenvalue weighted by Crippen LogP contribution is -2.26. The molecule has 1 saturated heterocycles. The van der Waals surface area contributed by atoms with Gasteiger partial charge in [-0.15, -0.1) is 0 Å². The van der Waals surface area contributed by atoms with E-state index in [0.29, 0.717) is 17.6 Å². The minimum Gasteiger partial charge on any atom is -0.453 e. The zero-order valence-electron chi connectivity index (χ0n) is 11.3. The summed E-state index contributed by atoms with van der Waals surface area (Å²) < 4.78 is 9.96. The zero-order chi connectivity index (χ0) is 13.7. The molecule has 1 heterocycles. The predicted molar refractivity (Wildman–Crippen MR) is 74.5 cm³/mol. The first-order valence-electron chi connectivity index (χ1n) is 6.48. The number of anilines is 2. The van der Waals surface area contributed by atoms with Crippen molar-refractivity contribution in [2.24, 2.45) is 5.92 Å². The maximum Gasteiger partial charge on any atom is 0.411 e. The number of hydrogen-bond donors (Lipinski definition) is 2. The average molecular weight is 264 g/mol. The van der Waals surface area contributed by atoms with E-state index in [9.17, 15) is 4.79 Å². The van der Waals surface area contributed by atoms with Gasteiger partial charge in [-0.2, -0.15) is 0 Å². The van der Waals surface area contributed by atoms with Crippen LogP contribution in [-0.2, 0) is 9.47 Å². The molecule has 104 valence electrons. The summed E-state index contributed by atoms with van der Waals surface area (Å²) >= 11 is 0. The Labute approximate surface area is 113 Å². The maximum atomic E-state index is 11.2. The normalized spacial score (nSPS) is 19.8. The molecule has 1 aliphatic heterocycles. The highest BCUT2D eigenvalue weighted by Gasteiger charge is 2.22. The fourth-order valence-electron chi connectivity index (χ4n) is 2.18. The average Bonchev–Trinajstić information content (AvgIpc) is 2.93. The second kappa shape index (κ2) is 6.43. The van der Waals surface area contributed by atoms with Crippen LogP contribution in [0, 0.1) is 5.92 Å².